The Labute approximate surface area is 153 Å². The quantitative estimate of drug-likeness (QED) is 0.625. The van der Waals surface area contributed by atoms with Crippen molar-refractivity contribution in [2.24, 2.45) is 5.73 Å². The average Bonchev–Trinajstić information content (AvgIpc) is 2.72. The van der Waals surface area contributed by atoms with Gasteiger partial charge < -0.3 is 5.73 Å². The highest BCUT2D eigenvalue weighted by atomic mass is 79.9. The minimum absolute atomic E-state index is 0.0937. The predicted molar refractivity (Wildman–Crippen MR) is 97.9 cm³/mol. The normalized spacial score (nSPS) is 11.4. The molecule has 0 saturated carbocycles. The van der Waals surface area contributed by atoms with Crippen molar-refractivity contribution in [1.29, 1.82) is 0 Å². The fourth-order valence-electron chi connectivity index (χ4n) is 1.46. The summed E-state index contributed by atoms with van der Waals surface area (Å²) in [5.41, 5.74) is 6.37. The van der Waals surface area contributed by atoms with Gasteiger partial charge in [0.05, 0.1) is 14.5 Å². The van der Waals surface area contributed by atoms with Gasteiger partial charge in [-0.2, -0.15) is 0 Å². The summed E-state index contributed by atoms with van der Waals surface area (Å²) in [5.74, 6) is 0. The van der Waals surface area contributed by atoms with Crippen LogP contribution in [0.25, 0.3) is 0 Å². The maximum atomic E-state index is 12.4. The second-order valence-electron chi connectivity index (χ2n) is 3.85. The van der Waals surface area contributed by atoms with Crippen LogP contribution in [0.3, 0.4) is 0 Å². The number of halogens is 3. The topological polar surface area (TPSA) is 72.2 Å². The standard InChI is InChI=1S/C11H7Br2ClN2O2S3/c12-5-1-2-8(6(3-5)11(15)19)16-21(17,18)9-4-7(14)10(13)20-9/h1-4,16H,(H2,15,19). The number of rotatable bonds is 4. The number of hydrogen-bond donors (Lipinski definition) is 2. The maximum absolute atomic E-state index is 12.4. The van der Waals surface area contributed by atoms with Gasteiger partial charge in [0.25, 0.3) is 10.0 Å². The number of thiocarbonyl (C=S) groups is 1. The van der Waals surface area contributed by atoms with Crippen LogP contribution in [-0.4, -0.2) is 13.4 Å². The van der Waals surface area contributed by atoms with Gasteiger partial charge in [-0.3, -0.25) is 4.72 Å². The summed E-state index contributed by atoms with van der Waals surface area (Å²) in [6, 6.07) is 6.30. The Bertz CT molecular complexity index is 801. The molecule has 0 bridgehead atoms. The first-order valence-corrected chi connectivity index (χ1v) is 9.95. The molecule has 10 heteroatoms. The highest BCUT2D eigenvalue weighted by Gasteiger charge is 2.21. The lowest BCUT2D eigenvalue weighted by molar-refractivity contribution is 0.603. The zero-order valence-electron chi connectivity index (χ0n) is 10.1. The van der Waals surface area contributed by atoms with E-state index in [2.05, 4.69) is 36.6 Å². The number of benzene rings is 1. The van der Waals surface area contributed by atoms with Gasteiger partial charge in [-0.15, -0.1) is 11.3 Å². The van der Waals surface area contributed by atoms with Gasteiger partial charge >= 0.3 is 0 Å². The van der Waals surface area contributed by atoms with Crippen molar-refractivity contribution >= 4 is 87.7 Å². The minimum atomic E-state index is -3.76. The van der Waals surface area contributed by atoms with E-state index in [0.717, 1.165) is 15.8 Å². The van der Waals surface area contributed by atoms with Crippen LogP contribution in [-0.2, 0) is 10.0 Å². The summed E-state index contributed by atoms with van der Waals surface area (Å²) >= 11 is 18.3. The molecule has 21 heavy (non-hydrogen) atoms. The summed E-state index contributed by atoms with van der Waals surface area (Å²) in [4.78, 5) is 0.0967. The van der Waals surface area contributed by atoms with E-state index in [9.17, 15) is 8.42 Å². The minimum Gasteiger partial charge on any atom is -0.389 e. The molecule has 0 aliphatic rings. The number of nitrogens with two attached hydrogens (primary N) is 1. The van der Waals surface area contributed by atoms with Crippen LogP contribution in [0.15, 0.2) is 36.7 Å². The van der Waals surface area contributed by atoms with E-state index < -0.39 is 10.0 Å². The van der Waals surface area contributed by atoms with Crippen LogP contribution in [0.5, 0.6) is 0 Å². The third-order valence-corrected chi connectivity index (χ3v) is 7.41. The fourth-order valence-corrected chi connectivity index (χ4v) is 5.47. The third-order valence-electron chi connectivity index (χ3n) is 2.38. The van der Waals surface area contributed by atoms with Crippen LogP contribution in [0.2, 0.25) is 5.02 Å². The first-order valence-electron chi connectivity index (χ1n) is 5.27. The number of thiophene rings is 1. The summed E-state index contributed by atoms with van der Waals surface area (Å²) < 4.78 is 28.6. The van der Waals surface area contributed by atoms with Gasteiger partial charge in [-0.05, 0) is 40.2 Å². The van der Waals surface area contributed by atoms with Crippen molar-refractivity contribution in [2.45, 2.75) is 4.21 Å². The first kappa shape index (κ1) is 17.2. The summed E-state index contributed by atoms with van der Waals surface area (Å²) in [5, 5.41) is 0.339. The zero-order chi connectivity index (χ0) is 15.8. The molecule has 0 fully saturated rings. The number of anilines is 1. The summed E-state index contributed by atoms with van der Waals surface area (Å²) in [7, 11) is -3.76. The van der Waals surface area contributed by atoms with Crippen LogP contribution < -0.4 is 10.5 Å². The van der Waals surface area contributed by atoms with Gasteiger partial charge in [0.15, 0.2) is 0 Å². The molecule has 0 unspecified atom stereocenters. The highest BCUT2D eigenvalue weighted by Crippen LogP contribution is 2.35. The number of hydrogen-bond acceptors (Lipinski definition) is 4. The molecule has 0 radical (unpaired) electrons. The fraction of sp³-hybridized carbons (Fsp3) is 0. The van der Waals surface area contributed by atoms with Crippen molar-refractivity contribution < 1.29 is 8.42 Å². The zero-order valence-corrected chi connectivity index (χ0v) is 16.4. The van der Waals surface area contributed by atoms with Gasteiger partial charge in [0.2, 0.25) is 0 Å². The summed E-state index contributed by atoms with van der Waals surface area (Å²) in [6.07, 6.45) is 0. The Kier molecular flexibility index (Phi) is 5.32. The van der Waals surface area contributed by atoms with Crippen LogP contribution in [0.1, 0.15) is 5.56 Å². The van der Waals surface area contributed by atoms with Crippen molar-refractivity contribution in [3.63, 3.8) is 0 Å². The van der Waals surface area contributed by atoms with Gasteiger partial charge in [0.1, 0.15) is 9.20 Å². The molecule has 1 aromatic carbocycles. The summed E-state index contributed by atoms with van der Waals surface area (Å²) in [6.45, 7) is 0. The molecule has 112 valence electrons. The van der Waals surface area contributed by atoms with Crippen LogP contribution in [0.4, 0.5) is 5.69 Å². The Morgan fingerprint density at radius 2 is 2.00 bits per heavy atom. The SMILES string of the molecule is NC(=S)c1cc(Br)ccc1NS(=O)(=O)c1cc(Cl)c(Br)s1. The van der Waals surface area contributed by atoms with Gasteiger partial charge in [-0.25, -0.2) is 8.42 Å². The molecule has 0 aliphatic carbocycles. The third kappa shape index (κ3) is 3.96. The monoisotopic (exact) mass is 488 g/mol. The Morgan fingerprint density at radius 3 is 2.52 bits per heavy atom. The van der Waals surface area contributed by atoms with Crippen molar-refractivity contribution in [3.05, 3.63) is 43.1 Å². The lowest BCUT2D eigenvalue weighted by Gasteiger charge is -2.11. The molecule has 0 saturated heterocycles. The molecule has 4 nitrogen and oxygen atoms in total. The molecule has 2 rings (SSSR count). The van der Waals surface area contributed by atoms with Crippen molar-refractivity contribution in [1.82, 2.24) is 0 Å². The average molecular weight is 491 g/mol. The van der Waals surface area contributed by atoms with Gasteiger partial charge in [0, 0.05) is 10.0 Å². The second kappa shape index (κ2) is 6.51. The highest BCUT2D eigenvalue weighted by molar-refractivity contribution is 9.11. The molecular weight excluding hydrogens is 484 g/mol. The van der Waals surface area contributed by atoms with Crippen LogP contribution in [0, 0.1) is 0 Å². The molecule has 0 spiro atoms. The Hall–Kier alpha value is -0.190. The van der Waals surface area contributed by atoms with Gasteiger partial charge in [-0.1, -0.05) is 39.7 Å². The molecule has 1 heterocycles. The van der Waals surface area contributed by atoms with E-state index in [4.69, 9.17) is 29.6 Å². The van der Waals surface area contributed by atoms with E-state index in [1.165, 1.54) is 6.07 Å². The smallest absolute Gasteiger partial charge is 0.271 e. The van der Waals surface area contributed by atoms with E-state index >= 15 is 0 Å². The molecule has 0 atom stereocenters. The van der Waals surface area contributed by atoms with E-state index in [1.54, 1.807) is 18.2 Å². The first-order chi connectivity index (χ1) is 9.70. The molecule has 0 aliphatic heterocycles. The lowest BCUT2D eigenvalue weighted by Crippen LogP contribution is -2.17. The second-order valence-corrected chi connectivity index (χ2v) is 9.89. The molecule has 2 aromatic rings. The van der Waals surface area contributed by atoms with E-state index in [1.807, 2.05) is 0 Å². The number of sulfonamides is 1. The largest absolute Gasteiger partial charge is 0.389 e. The van der Waals surface area contributed by atoms with Crippen LogP contribution >= 0.6 is 67.0 Å². The predicted octanol–water partition coefficient (Wildman–Crippen LogP) is 4.36. The Balaban J connectivity index is 2.44. The van der Waals surface area contributed by atoms with Crippen molar-refractivity contribution in [3.8, 4) is 0 Å². The maximum Gasteiger partial charge on any atom is 0.271 e. The molecular formula is C11H7Br2ClN2O2S3. The Morgan fingerprint density at radius 1 is 1.33 bits per heavy atom. The molecule has 0 amide bonds. The number of nitrogens with one attached hydrogen (secondary N) is 1. The lowest BCUT2D eigenvalue weighted by atomic mass is 10.2. The molecule has 1 aromatic heterocycles. The van der Waals surface area contributed by atoms with E-state index in [0.29, 0.717) is 20.1 Å². The van der Waals surface area contributed by atoms with E-state index in [-0.39, 0.29) is 9.20 Å². The van der Waals surface area contributed by atoms with Crippen molar-refractivity contribution in [2.75, 3.05) is 4.72 Å². The molecule has 3 N–H and O–H groups in total.